The largest absolute Gasteiger partial charge is 0.333 e. The number of hydrogen-bond acceptors (Lipinski definition) is 2. The summed E-state index contributed by atoms with van der Waals surface area (Å²) < 4.78 is 14.9. The maximum absolute atomic E-state index is 13.0. The number of nitrogens with two attached hydrogens (primary N) is 1. The molecule has 3 nitrogen and oxygen atoms in total. The lowest BCUT2D eigenvalue weighted by molar-refractivity contribution is 0.628. The first-order chi connectivity index (χ1) is 7.63. The van der Waals surface area contributed by atoms with Crippen molar-refractivity contribution in [3.05, 3.63) is 41.1 Å². The summed E-state index contributed by atoms with van der Waals surface area (Å²) >= 11 is 5.74. The van der Waals surface area contributed by atoms with Gasteiger partial charge in [-0.15, -0.1) is 0 Å². The van der Waals surface area contributed by atoms with Gasteiger partial charge in [-0.1, -0.05) is 11.6 Å². The van der Waals surface area contributed by atoms with Crippen molar-refractivity contribution >= 4 is 11.6 Å². The average Bonchev–Trinajstić information content (AvgIpc) is 2.64. The van der Waals surface area contributed by atoms with E-state index in [2.05, 4.69) is 4.98 Å². The van der Waals surface area contributed by atoms with Crippen molar-refractivity contribution in [2.24, 2.45) is 12.8 Å². The Morgan fingerprint density at radius 3 is 2.88 bits per heavy atom. The van der Waals surface area contributed by atoms with E-state index in [0.717, 1.165) is 17.0 Å². The van der Waals surface area contributed by atoms with Gasteiger partial charge in [0.05, 0.1) is 22.7 Å². The Hall–Kier alpha value is -1.39. The van der Waals surface area contributed by atoms with E-state index in [4.69, 9.17) is 17.3 Å². The van der Waals surface area contributed by atoms with Crippen LogP contribution in [0.3, 0.4) is 0 Å². The van der Waals surface area contributed by atoms with Crippen LogP contribution < -0.4 is 5.73 Å². The summed E-state index contributed by atoms with van der Waals surface area (Å²) in [6.45, 7) is 0.338. The minimum Gasteiger partial charge on any atom is -0.333 e. The molecule has 84 valence electrons. The second-order valence-corrected chi connectivity index (χ2v) is 3.89. The molecule has 1 aromatic carbocycles. The highest BCUT2D eigenvalue weighted by molar-refractivity contribution is 6.31. The van der Waals surface area contributed by atoms with Gasteiger partial charge >= 0.3 is 0 Å². The summed E-state index contributed by atoms with van der Waals surface area (Å²) in [5, 5.41) is 0.0988. The van der Waals surface area contributed by atoms with Crippen LogP contribution in [-0.2, 0) is 13.6 Å². The Kier molecular flexibility index (Phi) is 2.94. The van der Waals surface area contributed by atoms with Crippen molar-refractivity contribution in [1.82, 2.24) is 9.55 Å². The number of aromatic nitrogens is 2. The molecule has 0 unspecified atom stereocenters. The molecule has 0 saturated heterocycles. The first-order valence-electron chi connectivity index (χ1n) is 4.79. The third-order valence-corrected chi connectivity index (χ3v) is 2.69. The zero-order valence-electron chi connectivity index (χ0n) is 8.74. The smallest absolute Gasteiger partial charge is 0.141 e. The molecule has 2 aromatic rings. The van der Waals surface area contributed by atoms with Gasteiger partial charge in [-0.2, -0.15) is 0 Å². The van der Waals surface area contributed by atoms with Crippen LogP contribution in [0.2, 0.25) is 5.02 Å². The fraction of sp³-hybridized carbons (Fsp3) is 0.182. The fourth-order valence-corrected chi connectivity index (χ4v) is 1.82. The summed E-state index contributed by atoms with van der Waals surface area (Å²) in [5.74, 6) is -0.429. The molecule has 0 aliphatic rings. The van der Waals surface area contributed by atoms with Gasteiger partial charge in [-0.05, 0) is 18.2 Å². The Labute approximate surface area is 97.7 Å². The molecule has 16 heavy (non-hydrogen) atoms. The molecule has 0 atom stereocenters. The highest BCUT2D eigenvalue weighted by Crippen LogP contribution is 2.26. The van der Waals surface area contributed by atoms with E-state index in [1.54, 1.807) is 18.5 Å². The number of benzene rings is 1. The highest BCUT2D eigenvalue weighted by atomic mass is 35.5. The van der Waals surface area contributed by atoms with E-state index in [9.17, 15) is 4.39 Å². The molecule has 0 fully saturated rings. The van der Waals surface area contributed by atoms with Gasteiger partial charge in [-0.25, -0.2) is 9.37 Å². The van der Waals surface area contributed by atoms with Crippen molar-refractivity contribution < 1.29 is 4.39 Å². The Morgan fingerprint density at radius 2 is 2.25 bits per heavy atom. The summed E-state index contributed by atoms with van der Waals surface area (Å²) in [6.07, 6.45) is 1.68. The van der Waals surface area contributed by atoms with Crippen molar-refractivity contribution in [2.45, 2.75) is 6.54 Å². The predicted molar refractivity (Wildman–Crippen MR) is 61.5 cm³/mol. The van der Waals surface area contributed by atoms with Gasteiger partial charge in [0.1, 0.15) is 5.82 Å². The standard InChI is InChI=1S/C11H11ClFN3/c1-16-6-15-10(5-14)11(16)7-2-3-9(13)8(12)4-7/h2-4,6H,5,14H2,1H3. The van der Waals surface area contributed by atoms with Crippen LogP contribution >= 0.6 is 11.6 Å². The third kappa shape index (κ3) is 1.81. The Balaban J connectivity index is 2.57. The van der Waals surface area contributed by atoms with Crippen LogP contribution in [0.25, 0.3) is 11.3 Å². The quantitative estimate of drug-likeness (QED) is 0.874. The maximum Gasteiger partial charge on any atom is 0.141 e. The van der Waals surface area contributed by atoms with Gasteiger partial charge in [0.2, 0.25) is 0 Å². The van der Waals surface area contributed by atoms with Gasteiger partial charge in [0, 0.05) is 19.2 Å². The number of rotatable bonds is 2. The molecular formula is C11H11ClFN3. The van der Waals surface area contributed by atoms with Crippen LogP contribution in [-0.4, -0.2) is 9.55 Å². The van der Waals surface area contributed by atoms with Crippen LogP contribution in [0.15, 0.2) is 24.5 Å². The monoisotopic (exact) mass is 239 g/mol. The first kappa shape index (κ1) is 11.1. The zero-order chi connectivity index (χ0) is 11.7. The second kappa shape index (κ2) is 4.23. The van der Waals surface area contributed by atoms with Crippen molar-refractivity contribution in [3.8, 4) is 11.3 Å². The first-order valence-corrected chi connectivity index (χ1v) is 5.17. The molecule has 0 spiro atoms. The lowest BCUT2D eigenvalue weighted by Gasteiger charge is -2.06. The van der Waals surface area contributed by atoms with Crippen LogP contribution in [0.5, 0.6) is 0 Å². The molecule has 0 saturated carbocycles. The van der Waals surface area contributed by atoms with Gasteiger partial charge < -0.3 is 10.3 Å². The molecular weight excluding hydrogens is 229 g/mol. The number of hydrogen-bond donors (Lipinski definition) is 1. The number of nitrogens with zero attached hydrogens (tertiary/aromatic N) is 2. The molecule has 2 N–H and O–H groups in total. The molecule has 1 heterocycles. The molecule has 0 aliphatic heterocycles. The lowest BCUT2D eigenvalue weighted by Crippen LogP contribution is -2.00. The molecule has 0 aliphatic carbocycles. The van der Waals surface area contributed by atoms with E-state index >= 15 is 0 Å². The van der Waals surface area contributed by atoms with E-state index in [1.165, 1.54) is 6.07 Å². The maximum atomic E-state index is 13.0. The Morgan fingerprint density at radius 1 is 1.50 bits per heavy atom. The second-order valence-electron chi connectivity index (χ2n) is 3.48. The SMILES string of the molecule is Cn1cnc(CN)c1-c1ccc(F)c(Cl)c1. The van der Waals surface area contributed by atoms with E-state index in [0.29, 0.717) is 6.54 Å². The number of imidazole rings is 1. The molecule has 0 amide bonds. The highest BCUT2D eigenvalue weighted by Gasteiger charge is 2.11. The number of aryl methyl sites for hydroxylation is 1. The lowest BCUT2D eigenvalue weighted by atomic mass is 10.1. The molecule has 2 rings (SSSR count). The average molecular weight is 240 g/mol. The minimum atomic E-state index is -0.429. The Bertz CT molecular complexity index is 522. The summed E-state index contributed by atoms with van der Waals surface area (Å²) in [4.78, 5) is 4.16. The molecule has 0 radical (unpaired) electrons. The van der Waals surface area contributed by atoms with Crippen molar-refractivity contribution in [3.63, 3.8) is 0 Å². The third-order valence-electron chi connectivity index (χ3n) is 2.40. The zero-order valence-corrected chi connectivity index (χ0v) is 9.50. The molecule has 0 bridgehead atoms. The van der Waals surface area contributed by atoms with Gasteiger partial charge in [0.25, 0.3) is 0 Å². The normalized spacial score (nSPS) is 10.8. The topological polar surface area (TPSA) is 43.8 Å². The van der Waals surface area contributed by atoms with Crippen LogP contribution in [0, 0.1) is 5.82 Å². The van der Waals surface area contributed by atoms with Crippen LogP contribution in [0.4, 0.5) is 4.39 Å². The fourth-order valence-electron chi connectivity index (χ4n) is 1.64. The predicted octanol–water partition coefficient (Wildman–Crippen LogP) is 2.34. The number of halogens is 2. The van der Waals surface area contributed by atoms with Gasteiger partial charge in [0.15, 0.2) is 0 Å². The minimum absolute atomic E-state index is 0.0988. The van der Waals surface area contributed by atoms with Crippen molar-refractivity contribution in [2.75, 3.05) is 0 Å². The van der Waals surface area contributed by atoms with Crippen LogP contribution in [0.1, 0.15) is 5.69 Å². The van der Waals surface area contributed by atoms with Gasteiger partial charge in [-0.3, -0.25) is 0 Å². The summed E-state index contributed by atoms with van der Waals surface area (Å²) in [7, 11) is 1.86. The van der Waals surface area contributed by atoms with E-state index < -0.39 is 5.82 Å². The van der Waals surface area contributed by atoms with Crippen molar-refractivity contribution in [1.29, 1.82) is 0 Å². The summed E-state index contributed by atoms with van der Waals surface area (Å²) in [6, 6.07) is 4.58. The molecule has 5 heteroatoms. The molecule has 1 aromatic heterocycles. The van der Waals surface area contributed by atoms with E-state index in [-0.39, 0.29) is 5.02 Å². The van der Waals surface area contributed by atoms with E-state index in [1.807, 2.05) is 11.6 Å². The summed E-state index contributed by atoms with van der Waals surface area (Å²) in [5.41, 5.74) is 8.03.